The zero-order valence-electron chi connectivity index (χ0n) is 14.1. The van der Waals surface area contributed by atoms with E-state index in [0.717, 1.165) is 9.87 Å². The molecule has 0 unspecified atom stereocenters. The van der Waals surface area contributed by atoms with E-state index < -0.39 is 15.9 Å². The van der Waals surface area contributed by atoms with Crippen molar-refractivity contribution in [1.29, 1.82) is 5.26 Å². The van der Waals surface area contributed by atoms with Gasteiger partial charge in [-0.15, -0.1) is 0 Å². The molecule has 0 saturated carbocycles. The van der Waals surface area contributed by atoms with Crippen LogP contribution in [0.1, 0.15) is 18.1 Å². The topological polar surface area (TPSA) is 90.3 Å². The Kier molecular flexibility index (Phi) is 6.75. The van der Waals surface area contributed by atoms with E-state index in [-0.39, 0.29) is 24.5 Å². The number of carbonyl (C=O) groups excluding carboxylic acids is 1. The van der Waals surface area contributed by atoms with E-state index in [9.17, 15) is 13.2 Å². The molecule has 8 heteroatoms. The molecule has 0 aliphatic carbocycles. The minimum absolute atomic E-state index is 0.0452. The molecule has 2 aromatic rings. The molecule has 26 heavy (non-hydrogen) atoms. The Hall–Kier alpha value is -2.40. The highest BCUT2D eigenvalue weighted by molar-refractivity contribution is 7.89. The van der Waals surface area contributed by atoms with Gasteiger partial charge < -0.3 is 5.32 Å². The Morgan fingerprint density at radius 1 is 1.15 bits per heavy atom. The van der Waals surface area contributed by atoms with Gasteiger partial charge in [-0.2, -0.15) is 9.57 Å². The van der Waals surface area contributed by atoms with Crippen molar-refractivity contribution in [1.82, 2.24) is 9.62 Å². The quantitative estimate of drug-likeness (QED) is 0.785. The third-order valence-corrected chi connectivity index (χ3v) is 5.88. The molecule has 0 heterocycles. The molecule has 0 bridgehead atoms. The van der Waals surface area contributed by atoms with Gasteiger partial charge in [-0.05, 0) is 42.0 Å². The van der Waals surface area contributed by atoms with Crippen LogP contribution in [0.5, 0.6) is 0 Å². The fraction of sp³-hybridized carbons (Fsp3) is 0.222. The van der Waals surface area contributed by atoms with Gasteiger partial charge in [-0.3, -0.25) is 4.79 Å². The van der Waals surface area contributed by atoms with E-state index in [1.54, 1.807) is 31.2 Å². The number of sulfonamides is 1. The summed E-state index contributed by atoms with van der Waals surface area (Å²) in [5, 5.41) is 12.1. The van der Waals surface area contributed by atoms with Crippen LogP contribution in [0.15, 0.2) is 53.4 Å². The molecule has 6 nitrogen and oxygen atoms in total. The molecule has 2 aromatic carbocycles. The van der Waals surface area contributed by atoms with Crippen LogP contribution >= 0.6 is 11.6 Å². The highest BCUT2D eigenvalue weighted by Crippen LogP contribution is 2.16. The molecule has 1 amide bonds. The number of amides is 1. The number of rotatable bonds is 7. The van der Waals surface area contributed by atoms with Gasteiger partial charge in [0.1, 0.15) is 0 Å². The Morgan fingerprint density at radius 2 is 1.77 bits per heavy atom. The molecule has 0 saturated heterocycles. The van der Waals surface area contributed by atoms with Crippen LogP contribution in [0, 0.1) is 11.3 Å². The summed E-state index contributed by atoms with van der Waals surface area (Å²) in [6, 6.07) is 14.5. The summed E-state index contributed by atoms with van der Waals surface area (Å²) in [5.41, 5.74) is 1.23. The van der Waals surface area contributed by atoms with E-state index in [0.29, 0.717) is 10.6 Å². The summed E-state index contributed by atoms with van der Waals surface area (Å²) in [7, 11) is -3.81. The second-order valence-corrected chi connectivity index (χ2v) is 7.84. The number of halogens is 1. The van der Waals surface area contributed by atoms with Crippen molar-refractivity contribution in [2.45, 2.75) is 18.4 Å². The van der Waals surface area contributed by atoms with Crippen LogP contribution in [0.3, 0.4) is 0 Å². The fourth-order valence-corrected chi connectivity index (χ4v) is 3.77. The standard InChI is InChI=1S/C18H18ClN3O3S/c1-2-22(26(24,25)17-9-5-14(11-20)6-10-17)13-18(23)21-12-15-3-7-16(19)8-4-15/h3-10H,2,12-13H2,1H3,(H,21,23). The van der Waals surface area contributed by atoms with Gasteiger partial charge in [0.05, 0.1) is 23.1 Å². The van der Waals surface area contributed by atoms with E-state index in [2.05, 4.69) is 5.32 Å². The van der Waals surface area contributed by atoms with Gasteiger partial charge in [0.2, 0.25) is 15.9 Å². The summed E-state index contributed by atoms with van der Waals surface area (Å²) in [6.45, 7) is 1.81. The first-order valence-corrected chi connectivity index (χ1v) is 9.70. The predicted octanol–water partition coefficient (Wildman–Crippen LogP) is 2.54. The van der Waals surface area contributed by atoms with Crippen molar-refractivity contribution < 1.29 is 13.2 Å². The van der Waals surface area contributed by atoms with Crippen molar-refractivity contribution in [3.63, 3.8) is 0 Å². The number of benzene rings is 2. The first-order chi connectivity index (χ1) is 12.4. The maximum Gasteiger partial charge on any atom is 0.243 e. The van der Waals surface area contributed by atoms with Crippen molar-refractivity contribution in [2.75, 3.05) is 13.1 Å². The Balaban J connectivity index is 2.03. The molecular formula is C18H18ClN3O3S. The SMILES string of the molecule is CCN(CC(=O)NCc1ccc(Cl)cc1)S(=O)(=O)c1ccc(C#N)cc1. The summed E-state index contributed by atoms with van der Waals surface area (Å²) in [4.78, 5) is 12.2. The second kappa shape index (κ2) is 8.81. The molecule has 0 radical (unpaired) electrons. The monoisotopic (exact) mass is 391 g/mol. The number of hydrogen-bond donors (Lipinski definition) is 1. The van der Waals surface area contributed by atoms with Crippen LogP contribution < -0.4 is 5.32 Å². The van der Waals surface area contributed by atoms with E-state index in [1.807, 2.05) is 6.07 Å². The van der Waals surface area contributed by atoms with Crippen molar-refractivity contribution in [3.05, 3.63) is 64.7 Å². The summed E-state index contributed by atoms with van der Waals surface area (Å²) in [6.07, 6.45) is 0. The molecule has 0 aliphatic rings. The molecule has 0 aliphatic heterocycles. The number of hydrogen-bond acceptors (Lipinski definition) is 4. The highest BCUT2D eigenvalue weighted by atomic mass is 35.5. The molecular weight excluding hydrogens is 374 g/mol. The van der Waals surface area contributed by atoms with E-state index in [1.165, 1.54) is 24.3 Å². The van der Waals surface area contributed by atoms with Crippen LogP contribution in [0.2, 0.25) is 5.02 Å². The van der Waals surface area contributed by atoms with Gasteiger partial charge in [0.25, 0.3) is 0 Å². The number of nitriles is 1. The van der Waals surface area contributed by atoms with Gasteiger partial charge in [-0.25, -0.2) is 8.42 Å². The van der Waals surface area contributed by atoms with Crippen LogP contribution in [0.4, 0.5) is 0 Å². The Morgan fingerprint density at radius 3 is 2.31 bits per heavy atom. The molecule has 0 fully saturated rings. The Bertz CT molecular complexity index is 904. The van der Waals surface area contributed by atoms with E-state index in [4.69, 9.17) is 16.9 Å². The lowest BCUT2D eigenvalue weighted by Crippen LogP contribution is -2.40. The second-order valence-electron chi connectivity index (χ2n) is 5.47. The molecule has 0 aromatic heterocycles. The minimum Gasteiger partial charge on any atom is -0.351 e. The minimum atomic E-state index is -3.81. The Labute approximate surface area is 158 Å². The lowest BCUT2D eigenvalue weighted by Gasteiger charge is -2.20. The number of likely N-dealkylation sites (N-methyl/N-ethyl adjacent to an activating group) is 1. The predicted molar refractivity (Wildman–Crippen MR) is 98.9 cm³/mol. The normalized spacial score (nSPS) is 11.2. The van der Waals surface area contributed by atoms with Crippen LogP contribution in [-0.2, 0) is 21.4 Å². The number of nitrogens with one attached hydrogen (secondary N) is 1. The number of carbonyl (C=O) groups is 1. The van der Waals surface area contributed by atoms with Gasteiger partial charge in [0.15, 0.2) is 0 Å². The maximum atomic E-state index is 12.7. The lowest BCUT2D eigenvalue weighted by molar-refractivity contribution is -0.121. The van der Waals surface area contributed by atoms with Gasteiger partial charge >= 0.3 is 0 Å². The van der Waals surface area contributed by atoms with Crippen LogP contribution in [0.25, 0.3) is 0 Å². The van der Waals surface area contributed by atoms with Crippen LogP contribution in [-0.4, -0.2) is 31.7 Å². The maximum absolute atomic E-state index is 12.7. The van der Waals surface area contributed by atoms with Crippen molar-refractivity contribution in [2.24, 2.45) is 0 Å². The molecule has 2 rings (SSSR count). The zero-order chi connectivity index (χ0) is 19.2. The summed E-state index contributed by atoms with van der Waals surface area (Å²) >= 11 is 5.81. The average molecular weight is 392 g/mol. The van der Waals surface area contributed by atoms with E-state index >= 15 is 0 Å². The molecule has 136 valence electrons. The molecule has 1 N–H and O–H groups in total. The average Bonchev–Trinajstić information content (AvgIpc) is 2.65. The summed E-state index contributed by atoms with van der Waals surface area (Å²) < 4.78 is 26.4. The third kappa shape index (κ3) is 5.05. The zero-order valence-corrected chi connectivity index (χ0v) is 15.7. The van der Waals surface area contributed by atoms with Crippen molar-refractivity contribution >= 4 is 27.5 Å². The first kappa shape index (κ1) is 19.9. The molecule has 0 atom stereocenters. The fourth-order valence-electron chi connectivity index (χ4n) is 2.24. The smallest absolute Gasteiger partial charge is 0.243 e. The van der Waals surface area contributed by atoms with Gasteiger partial charge in [-0.1, -0.05) is 30.7 Å². The molecule has 0 spiro atoms. The summed E-state index contributed by atoms with van der Waals surface area (Å²) in [5.74, 6) is -0.404. The first-order valence-electron chi connectivity index (χ1n) is 7.88. The van der Waals surface area contributed by atoms with Crippen molar-refractivity contribution in [3.8, 4) is 6.07 Å². The lowest BCUT2D eigenvalue weighted by atomic mass is 10.2. The largest absolute Gasteiger partial charge is 0.351 e. The third-order valence-electron chi connectivity index (χ3n) is 3.70. The number of nitrogens with zero attached hydrogens (tertiary/aromatic N) is 2. The van der Waals surface area contributed by atoms with Gasteiger partial charge in [0, 0.05) is 18.1 Å². The highest BCUT2D eigenvalue weighted by Gasteiger charge is 2.25.